The standard InChI is InChI=1S/C33H47FN4O5S2/c1-4-5-6-7-8-9-10-11-12-13-18-44-21-26(35-22(2)39)31(41)37-16-14-36(15-17-37)28-20-27-24(19-25(28)34)30(40)29(33(42)43)32-38(27)23(3)45-32/h19-20,23,26H,4-18,21H2,1-3H3,(H,35,39)(H,42,43). The van der Waals surface area contributed by atoms with Gasteiger partial charge in [-0.1, -0.05) is 76.5 Å². The number of carbonyl (C=O) groups is 3. The SMILES string of the molecule is CCCCCCCCCCCCSCC(NC(C)=O)C(=O)N1CCN(c2cc3c(cc2F)c(=O)c(C(=O)O)c2n3C(C)S2)CC1. The maximum Gasteiger partial charge on any atom is 0.342 e. The van der Waals surface area contributed by atoms with Gasteiger partial charge in [-0.25, -0.2) is 9.18 Å². The number of pyridine rings is 1. The molecule has 248 valence electrons. The summed E-state index contributed by atoms with van der Waals surface area (Å²) in [5.41, 5.74) is -0.174. The van der Waals surface area contributed by atoms with E-state index in [9.17, 15) is 24.3 Å². The molecule has 0 aliphatic carbocycles. The Kier molecular flexibility index (Phi) is 13.1. The van der Waals surface area contributed by atoms with Crippen LogP contribution in [-0.4, -0.2) is 76.1 Å². The third-order valence-corrected chi connectivity index (χ3v) is 10.9. The fourth-order valence-corrected chi connectivity index (χ4v) is 8.36. The van der Waals surface area contributed by atoms with Gasteiger partial charge in [-0.3, -0.25) is 14.4 Å². The van der Waals surface area contributed by atoms with E-state index in [1.165, 1.54) is 76.5 Å². The molecule has 2 atom stereocenters. The number of rotatable bonds is 17. The lowest BCUT2D eigenvalue weighted by atomic mass is 10.1. The molecule has 1 aromatic carbocycles. The summed E-state index contributed by atoms with van der Waals surface area (Å²) in [7, 11) is 0. The highest BCUT2D eigenvalue weighted by atomic mass is 32.2. The van der Waals surface area contributed by atoms with E-state index in [-0.39, 0.29) is 28.1 Å². The van der Waals surface area contributed by atoms with E-state index >= 15 is 4.39 Å². The molecule has 45 heavy (non-hydrogen) atoms. The largest absolute Gasteiger partial charge is 0.477 e. The number of carboxylic acids is 1. The highest BCUT2D eigenvalue weighted by molar-refractivity contribution is 8.00. The van der Waals surface area contributed by atoms with Crippen molar-refractivity contribution in [2.75, 3.05) is 42.6 Å². The quantitative estimate of drug-likeness (QED) is 0.191. The van der Waals surface area contributed by atoms with E-state index in [1.807, 2.05) is 11.8 Å². The molecule has 0 spiro atoms. The van der Waals surface area contributed by atoms with Crippen molar-refractivity contribution in [2.24, 2.45) is 0 Å². The summed E-state index contributed by atoms with van der Waals surface area (Å²) < 4.78 is 17.1. The van der Waals surface area contributed by atoms with Gasteiger partial charge in [0.15, 0.2) is 0 Å². The number of amides is 2. The van der Waals surface area contributed by atoms with Gasteiger partial charge in [0.1, 0.15) is 17.4 Å². The summed E-state index contributed by atoms with van der Waals surface area (Å²) in [5, 5.41) is 12.8. The van der Waals surface area contributed by atoms with Crippen molar-refractivity contribution in [1.82, 2.24) is 14.8 Å². The summed E-state index contributed by atoms with van der Waals surface area (Å²) in [6.45, 7) is 7.09. The molecule has 4 rings (SSSR count). The zero-order valence-electron chi connectivity index (χ0n) is 26.7. The molecule has 9 nitrogen and oxygen atoms in total. The normalized spacial score (nSPS) is 16.8. The number of carboxylic acid groups (broad SMARTS) is 1. The Morgan fingerprint density at radius 1 is 1.02 bits per heavy atom. The molecule has 0 saturated carbocycles. The van der Waals surface area contributed by atoms with Crippen molar-refractivity contribution in [3.05, 3.63) is 33.7 Å². The predicted octanol–water partition coefficient (Wildman–Crippen LogP) is 6.27. The summed E-state index contributed by atoms with van der Waals surface area (Å²) in [5.74, 6) is -0.814. The van der Waals surface area contributed by atoms with E-state index in [2.05, 4.69) is 12.2 Å². The fourth-order valence-electron chi connectivity index (χ4n) is 6.17. The Labute approximate surface area is 273 Å². The molecule has 0 bridgehead atoms. The van der Waals surface area contributed by atoms with E-state index in [4.69, 9.17) is 0 Å². The number of piperazine rings is 1. The van der Waals surface area contributed by atoms with Crippen LogP contribution in [0.25, 0.3) is 10.9 Å². The molecule has 1 aromatic heterocycles. The van der Waals surface area contributed by atoms with Crippen LogP contribution in [0, 0.1) is 5.82 Å². The van der Waals surface area contributed by atoms with Gasteiger partial charge in [0.05, 0.1) is 21.6 Å². The number of anilines is 1. The van der Waals surface area contributed by atoms with Crippen molar-refractivity contribution in [1.29, 1.82) is 0 Å². The fraction of sp³-hybridized carbons (Fsp3) is 0.636. The predicted molar refractivity (Wildman–Crippen MR) is 181 cm³/mol. The first-order chi connectivity index (χ1) is 21.6. The molecular formula is C33H47FN4O5S2. The minimum absolute atomic E-state index is 0.0480. The van der Waals surface area contributed by atoms with Gasteiger partial charge in [-0.15, -0.1) is 0 Å². The third-order valence-electron chi connectivity index (χ3n) is 8.62. The number of hydrogen-bond acceptors (Lipinski definition) is 7. The van der Waals surface area contributed by atoms with Crippen LogP contribution in [0.3, 0.4) is 0 Å². The summed E-state index contributed by atoms with van der Waals surface area (Å²) >= 11 is 3.00. The van der Waals surface area contributed by atoms with Crippen LogP contribution in [0.2, 0.25) is 0 Å². The number of aromatic carboxylic acids is 1. The van der Waals surface area contributed by atoms with E-state index in [1.54, 1.807) is 27.3 Å². The second-order valence-corrected chi connectivity index (χ2v) is 14.5. The lowest BCUT2D eigenvalue weighted by molar-refractivity contribution is -0.135. The van der Waals surface area contributed by atoms with Crippen LogP contribution in [0.1, 0.15) is 101 Å². The van der Waals surface area contributed by atoms with Crippen molar-refractivity contribution in [3.8, 4) is 0 Å². The minimum Gasteiger partial charge on any atom is -0.477 e. The van der Waals surface area contributed by atoms with Gasteiger partial charge in [0.2, 0.25) is 17.2 Å². The average molecular weight is 663 g/mol. The maximum absolute atomic E-state index is 15.4. The third kappa shape index (κ3) is 8.75. The van der Waals surface area contributed by atoms with Crippen molar-refractivity contribution in [2.45, 2.75) is 101 Å². The molecule has 2 aliphatic rings. The first-order valence-electron chi connectivity index (χ1n) is 16.3. The summed E-state index contributed by atoms with van der Waals surface area (Å²) in [6, 6.07) is 2.16. The molecule has 1 fully saturated rings. The highest BCUT2D eigenvalue weighted by Crippen LogP contribution is 2.46. The number of halogens is 1. The monoisotopic (exact) mass is 662 g/mol. The van der Waals surface area contributed by atoms with E-state index < -0.39 is 23.3 Å². The second kappa shape index (κ2) is 16.7. The zero-order chi connectivity index (χ0) is 32.5. The molecule has 2 aromatic rings. The molecule has 12 heteroatoms. The molecule has 2 aliphatic heterocycles. The second-order valence-electron chi connectivity index (χ2n) is 12.0. The Morgan fingerprint density at radius 3 is 2.22 bits per heavy atom. The lowest BCUT2D eigenvalue weighted by Crippen LogP contribution is -2.55. The van der Waals surface area contributed by atoms with Crippen LogP contribution >= 0.6 is 23.5 Å². The van der Waals surface area contributed by atoms with Gasteiger partial charge in [-0.2, -0.15) is 11.8 Å². The number of fused-ring (bicyclic) bond motifs is 3. The number of aromatic nitrogens is 1. The number of hydrogen-bond donors (Lipinski definition) is 2. The topological polar surface area (TPSA) is 112 Å². The highest BCUT2D eigenvalue weighted by Gasteiger charge is 2.34. The van der Waals surface area contributed by atoms with Crippen LogP contribution < -0.4 is 15.6 Å². The zero-order valence-corrected chi connectivity index (χ0v) is 28.4. The average Bonchev–Trinajstić information content (AvgIpc) is 3.00. The minimum atomic E-state index is -1.31. The van der Waals surface area contributed by atoms with Gasteiger partial charge in [-0.05, 0) is 31.2 Å². The smallest absolute Gasteiger partial charge is 0.342 e. The van der Waals surface area contributed by atoms with Crippen LogP contribution in [0.5, 0.6) is 0 Å². The van der Waals surface area contributed by atoms with Crippen molar-refractivity contribution in [3.63, 3.8) is 0 Å². The number of nitrogens with zero attached hydrogens (tertiary/aromatic N) is 3. The van der Waals surface area contributed by atoms with Crippen LogP contribution in [0.15, 0.2) is 22.0 Å². The number of nitrogens with one attached hydrogen (secondary N) is 1. The first-order valence-corrected chi connectivity index (χ1v) is 18.4. The Balaban J connectivity index is 1.29. The van der Waals surface area contributed by atoms with Gasteiger partial charge in [0.25, 0.3) is 0 Å². The van der Waals surface area contributed by atoms with Crippen LogP contribution in [-0.2, 0) is 9.59 Å². The van der Waals surface area contributed by atoms with Gasteiger partial charge >= 0.3 is 5.97 Å². The Morgan fingerprint density at radius 2 is 1.64 bits per heavy atom. The molecule has 2 N–H and O–H groups in total. The van der Waals surface area contributed by atoms with Crippen LogP contribution in [0.4, 0.5) is 10.1 Å². The van der Waals surface area contributed by atoms with Crippen molar-refractivity contribution >= 4 is 57.9 Å². The molecular weight excluding hydrogens is 616 g/mol. The molecule has 3 heterocycles. The summed E-state index contributed by atoms with van der Waals surface area (Å²) in [4.78, 5) is 53.6. The lowest BCUT2D eigenvalue weighted by Gasteiger charge is -2.38. The molecule has 2 amide bonds. The first kappa shape index (κ1) is 35.1. The maximum atomic E-state index is 15.4. The van der Waals surface area contributed by atoms with E-state index in [0.717, 1.165) is 18.2 Å². The Hall–Kier alpha value is -2.73. The number of thioether (sulfide) groups is 2. The molecule has 0 radical (unpaired) electrons. The van der Waals surface area contributed by atoms with Gasteiger partial charge < -0.3 is 24.8 Å². The Bertz CT molecular complexity index is 1430. The molecule has 2 unspecified atom stereocenters. The molecule has 1 saturated heterocycles. The van der Waals surface area contributed by atoms with E-state index in [0.29, 0.717) is 48.2 Å². The number of benzene rings is 1. The summed E-state index contributed by atoms with van der Waals surface area (Å²) in [6.07, 6.45) is 12.8. The van der Waals surface area contributed by atoms with Gasteiger partial charge in [0, 0.05) is 44.2 Å². The number of unbranched alkanes of at least 4 members (excludes halogenated alkanes) is 9. The van der Waals surface area contributed by atoms with Crippen molar-refractivity contribution < 1.29 is 23.9 Å². The number of carbonyl (C=O) groups excluding carboxylic acids is 2.